The number of aliphatic carboxylic acids is 2. The number of amides is 1. The third-order valence-corrected chi connectivity index (χ3v) is 2.90. The van der Waals surface area contributed by atoms with Crippen molar-refractivity contribution in [1.29, 1.82) is 0 Å². The lowest BCUT2D eigenvalue weighted by Gasteiger charge is -2.37. The Bertz CT molecular complexity index is 474. The van der Waals surface area contributed by atoms with E-state index in [1.54, 1.807) is 20.8 Å². The van der Waals surface area contributed by atoms with E-state index in [9.17, 15) is 9.59 Å². The average molecular weight is 348 g/mol. The predicted octanol–water partition coefficient (Wildman–Crippen LogP) is 0.0418. The largest absolute Gasteiger partial charge is 0.473 e. The summed E-state index contributed by atoms with van der Waals surface area (Å²) in [5, 5.41) is 14.8. The van der Waals surface area contributed by atoms with Crippen molar-refractivity contribution in [3.05, 3.63) is 0 Å². The molecule has 1 aliphatic heterocycles. The molecule has 0 bridgehead atoms. The molecule has 4 N–H and O–H groups in total. The Labute approximate surface area is 139 Å². The van der Waals surface area contributed by atoms with Gasteiger partial charge in [0.1, 0.15) is 11.6 Å². The van der Waals surface area contributed by atoms with Crippen molar-refractivity contribution >= 4 is 24.0 Å². The van der Waals surface area contributed by atoms with Crippen LogP contribution in [0.4, 0.5) is 4.79 Å². The molecule has 138 valence electrons. The molecule has 1 fully saturated rings. The minimum atomic E-state index is -1.82. The average Bonchev–Trinajstić information content (AvgIpc) is 2.45. The third kappa shape index (κ3) is 7.77. The first-order valence-corrected chi connectivity index (χ1v) is 7.18. The number of nitrogens with zero attached hydrogens (tertiary/aromatic N) is 1. The van der Waals surface area contributed by atoms with E-state index in [1.165, 1.54) is 12.0 Å². The van der Waals surface area contributed by atoms with Crippen LogP contribution in [0.2, 0.25) is 0 Å². The monoisotopic (exact) mass is 348 g/mol. The van der Waals surface area contributed by atoms with E-state index in [-0.39, 0.29) is 6.04 Å². The molecule has 0 unspecified atom stereocenters. The zero-order chi connectivity index (χ0) is 19.1. The van der Waals surface area contributed by atoms with Gasteiger partial charge in [0.15, 0.2) is 0 Å². The number of rotatable bonds is 1. The second kappa shape index (κ2) is 9.06. The zero-order valence-electron chi connectivity index (χ0n) is 14.1. The van der Waals surface area contributed by atoms with Crippen LogP contribution < -0.4 is 5.73 Å². The Balaban J connectivity index is 0.000000754. The molecule has 1 amide bonds. The quantitative estimate of drug-likeness (QED) is 0.439. The van der Waals surface area contributed by atoms with Gasteiger partial charge in [-0.05, 0) is 33.6 Å². The Hall–Kier alpha value is -2.36. The van der Waals surface area contributed by atoms with Crippen LogP contribution in [-0.2, 0) is 23.9 Å². The third-order valence-electron chi connectivity index (χ3n) is 2.90. The fourth-order valence-electron chi connectivity index (χ4n) is 1.90. The summed E-state index contributed by atoms with van der Waals surface area (Å²) < 4.78 is 9.98. The first-order chi connectivity index (χ1) is 10.9. The number of carboxylic acid groups (broad SMARTS) is 2. The maximum atomic E-state index is 12.0. The molecule has 0 saturated carbocycles. The highest BCUT2D eigenvalue weighted by Crippen LogP contribution is 2.20. The molecule has 1 heterocycles. The normalized spacial score (nSPS) is 20.3. The molecule has 0 spiro atoms. The molecule has 0 radical (unpaired) electrons. The van der Waals surface area contributed by atoms with E-state index < -0.39 is 35.6 Å². The number of likely N-dealkylation sites (tertiary alicyclic amines) is 1. The van der Waals surface area contributed by atoms with Crippen molar-refractivity contribution in [1.82, 2.24) is 4.90 Å². The molecule has 2 atom stereocenters. The van der Waals surface area contributed by atoms with Gasteiger partial charge in [-0.2, -0.15) is 0 Å². The number of carboxylic acids is 2. The van der Waals surface area contributed by atoms with Gasteiger partial charge in [0.25, 0.3) is 0 Å². The smallest absolute Gasteiger partial charge is 0.414 e. The SMILES string of the molecule is COC(=O)[C@@H]1CC[C@H](N)CN1C(=O)OC(C)(C)C.O=C(O)C(=O)O. The fraction of sp³-hybridized carbons (Fsp3) is 0.714. The highest BCUT2D eigenvalue weighted by Gasteiger charge is 2.37. The van der Waals surface area contributed by atoms with Crippen LogP contribution >= 0.6 is 0 Å². The molecule has 10 nitrogen and oxygen atoms in total. The zero-order valence-corrected chi connectivity index (χ0v) is 14.1. The van der Waals surface area contributed by atoms with Crippen LogP contribution in [0.5, 0.6) is 0 Å². The highest BCUT2D eigenvalue weighted by molar-refractivity contribution is 6.27. The van der Waals surface area contributed by atoms with E-state index in [4.69, 9.17) is 35.0 Å². The Morgan fingerprint density at radius 1 is 1.08 bits per heavy atom. The summed E-state index contributed by atoms with van der Waals surface area (Å²) in [7, 11) is 1.31. The van der Waals surface area contributed by atoms with Crippen molar-refractivity contribution in [2.24, 2.45) is 5.73 Å². The molecular formula is C14H24N2O8. The molecule has 10 heteroatoms. The van der Waals surface area contributed by atoms with E-state index in [1.807, 2.05) is 0 Å². The number of nitrogens with two attached hydrogens (primary N) is 1. The second-order valence-corrected chi connectivity index (χ2v) is 6.12. The minimum absolute atomic E-state index is 0.126. The lowest BCUT2D eigenvalue weighted by atomic mass is 9.99. The van der Waals surface area contributed by atoms with Gasteiger partial charge in [-0.25, -0.2) is 19.2 Å². The topological polar surface area (TPSA) is 156 Å². The molecule has 1 rings (SSSR count). The van der Waals surface area contributed by atoms with Crippen molar-refractivity contribution in [2.45, 2.75) is 51.3 Å². The van der Waals surface area contributed by atoms with E-state index in [2.05, 4.69) is 0 Å². The lowest BCUT2D eigenvalue weighted by Crippen LogP contribution is -2.55. The van der Waals surface area contributed by atoms with Gasteiger partial charge in [0.2, 0.25) is 0 Å². The summed E-state index contributed by atoms with van der Waals surface area (Å²) in [5.74, 6) is -4.07. The summed E-state index contributed by atoms with van der Waals surface area (Å²) in [6, 6.07) is -0.719. The minimum Gasteiger partial charge on any atom is -0.473 e. The van der Waals surface area contributed by atoms with Gasteiger partial charge >= 0.3 is 24.0 Å². The van der Waals surface area contributed by atoms with Crippen LogP contribution in [0.1, 0.15) is 33.6 Å². The van der Waals surface area contributed by atoms with Crippen LogP contribution in [0.25, 0.3) is 0 Å². The number of carbonyl (C=O) groups is 4. The molecule has 24 heavy (non-hydrogen) atoms. The molecule has 0 aliphatic carbocycles. The maximum absolute atomic E-state index is 12.0. The number of esters is 1. The fourth-order valence-corrected chi connectivity index (χ4v) is 1.90. The summed E-state index contributed by atoms with van der Waals surface area (Å²) >= 11 is 0. The summed E-state index contributed by atoms with van der Waals surface area (Å²) in [4.78, 5) is 43.2. The van der Waals surface area contributed by atoms with Crippen molar-refractivity contribution in [2.75, 3.05) is 13.7 Å². The number of ether oxygens (including phenoxy) is 2. The van der Waals surface area contributed by atoms with Gasteiger partial charge in [-0.15, -0.1) is 0 Å². The standard InChI is InChI=1S/C12H22N2O4.C2H2O4/c1-12(2,3)18-11(16)14-7-8(13)5-6-9(14)10(15)17-4;3-1(4)2(5)6/h8-9H,5-7,13H2,1-4H3;(H,3,4)(H,5,6)/t8-,9-;/m0./s1. The number of hydrogen-bond acceptors (Lipinski definition) is 7. The summed E-state index contributed by atoms with van der Waals surface area (Å²) in [6.45, 7) is 5.65. The first kappa shape index (κ1) is 21.6. The van der Waals surface area contributed by atoms with Crippen molar-refractivity contribution in [3.8, 4) is 0 Å². The lowest BCUT2D eigenvalue weighted by molar-refractivity contribution is -0.159. The number of carbonyl (C=O) groups excluding carboxylic acids is 2. The summed E-state index contributed by atoms with van der Waals surface area (Å²) in [5.41, 5.74) is 5.23. The second-order valence-electron chi connectivity index (χ2n) is 6.12. The number of piperidine rings is 1. The Morgan fingerprint density at radius 2 is 1.58 bits per heavy atom. The first-order valence-electron chi connectivity index (χ1n) is 7.18. The Morgan fingerprint density at radius 3 is 1.96 bits per heavy atom. The van der Waals surface area contributed by atoms with Gasteiger partial charge in [0, 0.05) is 12.6 Å². The van der Waals surface area contributed by atoms with Gasteiger partial charge in [-0.1, -0.05) is 0 Å². The molecular weight excluding hydrogens is 324 g/mol. The number of methoxy groups -OCH3 is 1. The van der Waals surface area contributed by atoms with Crippen molar-refractivity contribution in [3.63, 3.8) is 0 Å². The molecule has 0 aromatic rings. The van der Waals surface area contributed by atoms with Crippen LogP contribution in [-0.4, -0.2) is 70.5 Å². The van der Waals surface area contributed by atoms with Gasteiger partial charge < -0.3 is 25.4 Å². The van der Waals surface area contributed by atoms with E-state index >= 15 is 0 Å². The van der Waals surface area contributed by atoms with Crippen LogP contribution in [0.3, 0.4) is 0 Å². The van der Waals surface area contributed by atoms with Gasteiger partial charge in [0.05, 0.1) is 7.11 Å². The van der Waals surface area contributed by atoms with Crippen molar-refractivity contribution < 1.29 is 38.9 Å². The van der Waals surface area contributed by atoms with E-state index in [0.717, 1.165) is 0 Å². The molecule has 1 aliphatic rings. The number of hydrogen-bond donors (Lipinski definition) is 3. The molecule has 0 aromatic heterocycles. The maximum Gasteiger partial charge on any atom is 0.414 e. The van der Waals surface area contributed by atoms with E-state index in [0.29, 0.717) is 19.4 Å². The summed E-state index contributed by atoms with van der Waals surface area (Å²) in [6.07, 6.45) is 0.680. The Kier molecular flexibility index (Phi) is 8.17. The van der Waals surface area contributed by atoms with Gasteiger partial charge in [-0.3, -0.25) is 4.90 Å². The molecule has 1 saturated heterocycles. The van der Waals surface area contributed by atoms with Crippen LogP contribution in [0, 0.1) is 0 Å². The predicted molar refractivity (Wildman–Crippen MR) is 81.2 cm³/mol. The highest BCUT2D eigenvalue weighted by atomic mass is 16.6. The van der Waals surface area contributed by atoms with Crippen LogP contribution in [0.15, 0.2) is 0 Å². The molecule has 0 aromatic carbocycles.